The molecular weight excluding hydrogens is 438 g/mol. The molecule has 6 nitrogen and oxygen atoms in total. The van der Waals surface area contributed by atoms with Crippen molar-refractivity contribution in [1.82, 2.24) is 9.97 Å². The zero-order valence-electron chi connectivity index (χ0n) is 19.8. The minimum Gasteiger partial charge on any atom is -0.481 e. The Bertz CT molecular complexity index is 1360. The molecule has 1 aliphatic carbocycles. The Labute approximate surface area is 204 Å². The molecule has 6 heteroatoms. The average Bonchev–Trinajstić information content (AvgIpc) is 3.26. The van der Waals surface area contributed by atoms with Crippen molar-refractivity contribution >= 4 is 34.4 Å². The van der Waals surface area contributed by atoms with Crippen molar-refractivity contribution in [1.29, 1.82) is 0 Å². The molecule has 1 saturated carbocycles. The number of fused-ring (bicyclic) bond motifs is 1. The highest BCUT2D eigenvalue weighted by Gasteiger charge is 2.41. The third kappa shape index (κ3) is 4.83. The van der Waals surface area contributed by atoms with Gasteiger partial charge in [-0.1, -0.05) is 61.7 Å². The number of nitrogens with one attached hydrogen (secondary N) is 2. The third-order valence-electron chi connectivity index (χ3n) is 7.09. The van der Waals surface area contributed by atoms with E-state index < -0.39 is 11.4 Å². The second-order valence-electron chi connectivity index (χ2n) is 9.63. The number of anilines is 2. The number of carbonyl (C=O) groups is 2. The summed E-state index contributed by atoms with van der Waals surface area (Å²) >= 11 is 0. The highest BCUT2D eigenvalue weighted by molar-refractivity contribution is 5.99. The minimum atomic E-state index is -0.907. The first-order valence-electron chi connectivity index (χ1n) is 12.1. The zero-order valence-corrected chi connectivity index (χ0v) is 19.8. The number of benzene rings is 3. The van der Waals surface area contributed by atoms with Crippen LogP contribution in [0.25, 0.3) is 22.2 Å². The summed E-state index contributed by atoms with van der Waals surface area (Å²) in [4.78, 5) is 32.7. The van der Waals surface area contributed by atoms with Crippen molar-refractivity contribution in [3.63, 3.8) is 0 Å². The molecular formula is C29H29N3O3. The van der Waals surface area contributed by atoms with Gasteiger partial charge in [-0.15, -0.1) is 0 Å². The molecule has 1 aromatic heterocycles. The van der Waals surface area contributed by atoms with Crippen molar-refractivity contribution in [3.05, 3.63) is 77.9 Å². The number of carbonyl (C=O) groups excluding carboxylic acids is 1. The molecule has 0 radical (unpaired) electrons. The predicted octanol–water partition coefficient (Wildman–Crippen LogP) is 6.89. The Morgan fingerprint density at radius 3 is 2.26 bits per heavy atom. The first kappa shape index (κ1) is 22.8. The standard InChI is InChI=1S/C29H29N3O3/c1-19-5-14-24-25(17-19)32-28(31-24)30-23-12-10-21(11-13-23)20-6-8-22(9-7-20)26(33)18-29(27(34)35)15-3-2-4-16-29/h5-14,17H,2-4,15-16,18H2,1H3,(H,34,35)(H2,30,31,32). The number of aryl methyl sites for hydroxylation is 1. The number of aliphatic carboxylic acids is 1. The molecule has 0 spiro atoms. The van der Waals surface area contributed by atoms with Gasteiger partial charge in [0, 0.05) is 17.7 Å². The van der Waals surface area contributed by atoms with Gasteiger partial charge in [-0.2, -0.15) is 0 Å². The average molecular weight is 468 g/mol. The summed E-state index contributed by atoms with van der Waals surface area (Å²) in [5, 5.41) is 13.1. The van der Waals surface area contributed by atoms with E-state index in [-0.39, 0.29) is 12.2 Å². The summed E-state index contributed by atoms with van der Waals surface area (Å²) in [6.07, 6.45) is 4.03. The van der Waals surface area contributed by atoms with Crippen LogP contribution in [0.4, 0.5) is 11.6 Å². The fourth-order valence-corrected chi connectivity index (χ4v) is 5.02. The Hall–Kier alpha value is -3.93. The molecule has 0 bridgehead atoms. The highest BCUT2D eigenvalue weighted by atomic mass is 16.4. The Morgan fingerprint density at radius 1 is 0.943 bits per heavy atom. The molecule has 178 valence electrons. The van der Waals surface area contributed by atoms with Crippen molar-refractivity contribution < 1.29 is 14.7 Å². The molecule has 1 aliphatic rings. The molecule has 1 fully saturated rings. The van der Waals surface area contributed by atoms with Crippen LogP contribution in [-0.2, 0) is 4.79 Å². The number of hydrogen-bond donors (Lipinski definition) is 3. The second kappa shape index (κ2) is 9.37. The fourth-order valence-electron chi connectivity index (χ4n) is 5.02. The van der Waals surface area contributed by atoms with E-state index in [2.05, 4.69) is 28.3 Å². The largest absolute Gasteiger partial charge is 0.481 e. The molecule has 3 N–H and O–H groups in total. The van der Waals surface area contributed by atoms with Gasteiger partial charge in [-0.05, 0) is 60.7 Å². The van der Waals surface area contributed by atoms with Gasteiger partial charge in [0.25, 0.3) is 0 Å². The summed E-state index contributed by atoms with van der Waals surface area (Å²) in [6, 6.07) is 21.6. The van der Waals surface area contributed by atoms with Gasteiger partial charge in [0.2, 0.25) is 5.95 Å². The number of imidazole rings is 1. The summed E-state index contributed by atoms with van der Waals surface area (Å²) in [6.45, 7) is 2.05. The SMILES string of the molecule is Cc1ccc2nc(Nc3ccc(-c4ccc(C(=O)CC5(C(=O)O)CCCCC5)cc4)cc3)[nH]c2c1. The number of rotatable bonds is 7. The van der Waals surface area contributed by atoms with Crippen LogP contribution in [0.5, 0.6) is 0 Å². The van der Waals surface area contributed by atoms with E-state index in [0.717, 1.165) is 47.1 Å². The van der Waals surface area contributed by atoms with Crippen LogP contribution in [0.3, 0.4) is 0 Å². The molecule has 0 atom stereocenters. The summed E-state index contributed by atoms with van der Waals surface area (Å²) in [7, 11) is 0. The summed E-state index contributed by atoms with van der Waals surface area (Å²) < 4.78 is 0. The van der Waals surface area contributed by atoms with E-state index in [1.807, 2.05) is 48.5 Å². The number of aromatic nitrogens is 2. The van der Waals surface area contributed by atoms with Crippen molar-refractivity contribution in [3.8, 4) is 11.1 Å². The highest BCUT2D eigenvalue weighted by Crippen LogP contribution is 2.40. The maximum atomic E-state index is 12.9. The van der Waals surface area contributed by atoms with E-state index in [9.17, 15) is 14.7 Å². The molecule has 0 amide bonds. The van der Waals surface area contributed by atoms with E-state index in [1.54, 1.807) is 12.1 Å². The monoisotopic (exact) mass is 467 g/mol. The van der Waals surface area contributed by atoms with Gasteiger partial charge in [0.05, 0.1) is 16.4 Å². The van der Waals surface area contributed by atoms with Crippen LogP contribution < -0.4 is 5.32 Å². The molecule has 5 rings (SSSR count). The number of Topliss-reactive ketones (excluding diaryl/α,β-unsaturated/α-hetero) is 1. The minimum absolute atomic E-state index is 0.0728. The molecule has 0 unspecified atom stereocenters. The van der Waals surface area contributed by atoms with Gasteiger partial charge >= 0.3 is 5.97 Å². The van der Waals surface area contributed by atoms with Gasteiger partial charge < -0.3 is 15.4 Å². The fraction of sp³-hybridized carbons (Fsp3) is 0.276. The first-order valence-corrected chi connectivity index (χ1v) is 12.1. The van der Waals surface area contributed by atoms with Crippen molar-refractivity contribution in [2.24, 2.45) is 5.41 Å². The Morgan fingerprint density at radius 2 is 1.60 bits per heavy atom. The summed E-state index contributed by atoms with van der Waals surface area (Å²) in [5.74, 6) is -0.242. The quantitative estimate of drug-likeness (QED) is 0.257. The second-order valence-corrected chi connectivity index (χ2v) is 9.63. The van der Waals surface area contributed by atoms with Crippen LogP contribution in [0, 0.1) is 12.3 Å². The molecule has 4 aromatic rings. The lowest BCUT2D eigenvalue weighted by atomic mass is 9.70. The number of carboxylic acid groups (broad SMARTS) is 1. The number of H-pyrrole nitrogens is 1. The Kier molecular flexibility index (Phi) is 6.12. The molecule has 0 aliphatic heterocycles. The normalized spacial score (nSPS) is 15.1. The smallest absolute Gasteiger partial charge is 0.310 e. The van der Waals surface area contributed by atoms with Gasteiger partial charge in [0.15, 0.2) is 5.78 Å². The van der Waals surface area contributed by atoms with Gasteiger partial charge in [0.1, 0.15) is 0 Å². The van der Waals surface area contributed by atoms with Crippen LogP contribution in [0.2, 0.25) is 0 Å². The van der Waals surface area contributed by atoms with Crippen LogP contribution in [-0.4, -0.2) is 26.8 Å². The first-order chi connectivity index (χ1) is 16.9. The number of aromatic amines is 1. The third-order valence-corrected chi connectivity index (χ3v) is 7.09. The van der Waals surface area contributed by atoms with Crippen molar-refractivity contribution in [2.75, 3.05) is 5.32 Å². The van der Waals surface area contributed by atoms with Gasteiger partial charge in [-0.25, -0.2) is 4.98 Å². The number of ketones is 1. The molecule has 3 aromatic carbocycles. The maximum absolute atomic E-state index is 12.9. The van der Waals surface area contributed by atoms with E-state index in [0.29, 0.717) is 24.4 Å². The molecule has 35 heavy (non-hydrogen) atoms. The summed E-state index contributed by atoms with van der Waals surface area (Å²) in [5.41, 5.74) is 5.71. The lowest BCUT2D eigenvalue weighted by Crippen LogP contribution is -2.35. The topological polar surface area (TPSA) is 95.1 Å². The van der Waals surface area contributed by atoms with E-state index in [4.69, 9.17) is 0 Å². The van der Waals surface area contributed by atoms with Crippen molar-refractivity contribution in [2.45, 2.75) is 45.4 Å². The van der Waals surface area contributed by atoms with E-state index in [1.165, 1.54) is 5.56 Å². The maximum Gasteiger partial charge on any atom is 0.310 e. The lowest BCUT2D eigenvalue weighted by Gasteiger charge is -2.32. The lowest BCUT2D eigenvalue weighted by molar-refractivity contribution is -0.150. The van der Waals surface area contributed by atoms with Crippen LogP contribution in [0.15, 0.2) is 66.7 Å². The van der Waals surface area contributed by atoms with Crippen LogP contribution in [0.1, 0.15) is 54.4 Å². The Balaban J connectivity index is 1.26. The van der Waals surface area contributed by atoms with Crippen LogP contribution >= 0.6 is 0 Å². The predicted molar refractivity (Wildman–Crippen MR) is 138 cm³/mol. The number of carboxylic acids is 1. The van der Waals surface area contributed by atoms with E-state index >= 15 is 0 Å². The van der Waals surface area contributed by atoms with Gasteiger partial charge in [-0.3, -0.25) is 9.59 Å². The number of hydrogen-bond acceptors (Lipinski definition) is 4. The zero-order chi connectivity index (χ0) is 24.4. The number of nitrogens with zero attached hydrogens (tertiary/aromatic N) is 1. The molecule has 1 heterocycles. The molecule has 0 saturated heterocycles.